The van der Waals surface area contributed by atoms with Crippen LogP contribution in [0.4, 0.5) is 10.1 Å². The molecule has 0 amide bonds. The zero-order valence-electron chi connectivity index (χ0n) is 14.3. The predicted molar refractivity (Wildman–Crippen MR) is 106 cm³/mol. The molecule has 0 aliphatic carbocycles. The van der Waals surface area contributed by atoms with Crippen molar-refractivity contribution in [3.05, 3.63) is 108 Å². The summed E-state index contributed by atoms with van der Waals surface area (Å²) in [5.41, 5.74) is 3.69. The van der Waals surface area contributed by atoms with E-state index in [9.17, 15) is 4.39 Å². The molecule has 1 aliphatic rings. The zero-order valence-corrected chi connectivity index (χ0v) is 14.3. The maximum Gasteiger partial charge on any atom is 0.148 e. The van der Waals surface area contributed by atoms with E-state index >= 15 is 0 Å². The standard InChI is InChI=1S/C23H19FN2/c24-21-13-7-8-14-22(21)26-23(19-11-5-2-6-12-19)17-20(25-26)16-15-18-9-3-1-4-10-18/h1-16,23H,17H2/b16-15+/t23-/m0/s1. The fourth-order valence-electron chi connectivity index (χ4n) is 3.18. The number of anilines is 1. The van der Waals surface area contributed by atoms with Crippen LogP contribution < -0.4 is 5.01 Å². The van der Waals surface area contributed by atoms with Gasteiger partial charge in [0.1, 0.15) is 5.82 Å². The van der Waals surface area contributed by atoms with Crippen LogP contribution in [0.15, 0.2) is 96.1 Å². The average molecular weight is 342 g/mol. The number of rotatable bonds is 4. The van der Waals surface area contributed by atoms with Crippen LogP contribution in [0, 0.1) is 5.82 Å². The lowest BCUT2D eigenvalue weighted by molar-refractivity contribution is 0.606. The third-order valence-corrected chi connectivity index (χ3v) is 4.49. The third-order valence-electron chi connectivity index (χ3n) is 4.49. The van der Waals surface area contributed by atoms with E-state index in [0.29, 0.717) is 5.69 Å². The Labute approximate surface area is 152 Å². The number of hydrogen-bond acceptors (Lipinski definition) is 2. The molecule has 0 N–H and O–H groups in total. The predicted octanol–water partition coefficient (Wildman–Crippen LogP) is 5.85. The van der Waals surface area contributed by atoms with Crippen molar-refractivity contribution in [2.45, 2.75) is 12.5 Å². The Balaban J connectivity index is 1.68. The molecule has 1 aliphatic heterocycles. The second-order valence-electron chi connectivity index (χ2n) is 6.26. The molecule has 0 saturated heterocycles. The van der Waals surface area contributed by atoms with Gasteiger partial charge in [0.25, 0.3) is 0 Å². The SMILES string of the molecule is Fc1ccccc1N1N=C(/C=C/c2ccccc2)C[C@H]1c1ccccc1. The maximum absolute atomic E-state index is 14.4. The first kappa shape index (κ1) is 16.3. The molecule has 0 unspecified atom stereocenters. The van der Waals surface area contributed by atoms with Crippen molar-refractivity contribution in [2.24, 2.45) is 5.10 Å². The van der Waals surface area contributed by atoms with Crippen LogP contribution in [0.5, 0.6) is 0 Å². The maximum atomic E-state index is 14.4. The van der Waals surface area contributed by atoms with Crippen molar-refractivity contribution in [2.75, 3.05) is 5.01 Å². The van der Waals surface area contributed by atoms with Crippen LogP contribution in [-0.2, 0) is 0 Å². The lowest BCUT2D eigenvalue weighted by Crippen LogP contribution is -2.19. The van der Waals surface area contributed by atoms with E-state index in [-0.39, 0.29) is 11.9 Å². The van der Waals surface area contributed by atoms with E-state index in [4.69, 9.17) is 5.10 Å². The second-order valence-corrected chi connectivity index (χ2v) is 6.26. The van der Waals surface area contributed by atoms with Crippen molar-refractivity contribution in [3.8, 4) is 0 Å². The highest BCUT2D eigenvalue weighted by atomic mass is 19.1. The summed E-state index contributed by atoms with van der Waals surface area (Å²) in [6.45, 7) is 0. The Morgan fingerprint density at radius 1 is 0.808 bits per heavy atom. The molecule has 3 aromatic carbocycles. The summed E-state index contributed by atoms with van der Waals surface area (Å²) < 4.78 is 14.4. The van der Waals surface area contributed by atoms with Gasteiger partial charge in [-0.2, -0.15) is 5.10 Å². The van der Waals surface area contributed by atoms with E-state index in [1.54, 1.807) is 17.1 Å². The fraction of sp³-hybridized carbons (Fsp3) is 0.0870. The highest BCUT2D eigenvalue weighted by Crippen LogP contribution is 2.36. The summed E-state index contributed by atoms with van der Waals surface area (Å²) in [7, 11) is 0. The Morgan fingerprint density at radius 2 is 1.46 bits per heavy atom. The lowest BCUT2D eigenvalue weighted by atomic mass is 10.0. The molecule has 0 aromatic heterocycles. The van der Waals surface area contributed by atoms with E-state index in [0.717, 1.165) is 23.3 Å². The molecule has 26 heavy (non-hydrogen) atoms. The van der Waals surface area contributed by atoms with Crippen LogP contribution in [0.3, 0.4) is 0 Å². The van der Waals surface area contributed by atoms with Crippen molar-refractivity contribution in [3.63, 3.8) is 0 Å². The number of halogens is 1. The van der Waals surface area contributed by atoms with Gasteiger partial charge in [-0.3, -0.25) is 5.01 Å². The first-order valence-electron chi connectivity index (χ1n) is 8.70. The lowest BCUT2D eigenvalue weighted by Gasteiger charge is -2.24. The monoisotopic (exact) mass is 342 g/mol. The first-order valence-corrected chi connectivity index (χ1v) is 8.70. The van der Waals surface area contributed by atoms with Gasteiger partial charge in [-0.05, 0) is 29.3 Å². The van der Waals surface area contributed by atoms with Crippen LogP contribution >= 0.6 is 0 Å². The first-order chi connectivity index (χ1) is 12.8. The molecule has 3 aromatic rings. The summed E-state index contributed by atoms with van der Waals surface area (Å²) in [5, 5.41) is 6.52. The molecule has 0 bridgehead atoms. The van der Waals surface area contributed by atoms with Gasteiger partial charge in [0, 0.05) is 6.42 Å². The minimum absolute atomic E-state index is 0.0106. The summed E-state index contributed by atoms with van der Waals surface area (Å²) in [6.07, 6.45) is 4.81. The van der Waals surface area contributed by atoms with Crippen LogP contribution in [-0.4, -0.2) is 5.71 Å². The van der Waals surface area contributed by atoms with Gasteiger partial charge in [-0.15, -0.1) is 0 Å². The number of nitrogens with zero attached hydrogens (tertiary/aromatic N) is 2. The summed E-state index contributed by atoms with van der Waals surface area (Å²) >= 11 is 0. The Bertz CT molecular complexity index is 933. The molecule has 3 heteroatoms. The van der Waals surface area contributed by atoms with E-state index in [1.807, 2.05) is 54.6 Å². The summed E-state index contributed by atoms with van der Waals surface area (Å²) in [6, 6.07) is 27.0. The minimum Gasteiger partial charge on any atom is -0.254 e. The molecular weight excluding hydrogens is 323 g/mol. The number of para-hydroxylation sites is 1. The highest BCUT2D eigenvalue weighted by molar-refractivity contribution is 6.01. The van der Waals surface area contributed by atoms with Crippen LogP contribution in [0.2, 0.25) is 0 Å². The Morgan fingerprint density at radius 3 is 2.19 bits per heavy atom. The Hall–Kier alpha value is -3.20. The average Bonchev–Trinajstić information content (AvgIpc) is 3.12. The molecule has 4 rings (SSSR count). The number of allylic oxidation sites excluding steroid dienone is 1. The molecule has 2 nitrogen and oxygen atoms in total. The molecule has 1 heterocycles. The third kappa shape index (κ3) is 3.42. The summed E-state index contributed by atoms with van der Waals surface area (Å²) in [5.74, 6) is -0.259. The fourth-order valence-corrected chi connectivity index (χ4v) is 3.18. The topological polar surface area (TPSA) is 15.6 Å². The van der Waals surface area contributed by atoms with Gasteiger partial charge >= 0.3 is 0 Å². The van der Waals surface area contributed by atoms with Gasteiger partial charge in [0.2, 0.25) is 0 Å². The number of benzene rings is 3. The van der Waals surface area contributed by atoms with Gasteiger partial charge < -0.3 is 0 Å². The van der Waals surface area contributed by atoms with Crippen molar-refractivity contribution >= 4 is 17.5 Å². The highest BCUT2D eigenvalue weighted by Gasteiger charge is 2.29. The quantitative estimate of drug-likeness (QED) is 0.581. The second kappa shape index (κ2) is 7.36. The van der Waals surface area contributed by atoms with E-state index < -0.39 is 0 Å². The number of hydrogen-bond donors (Lipinski definition) is 0. The molecule has 0 radical (unpaired) electrons. The molecule has 128 valence electrons. The zero-order chi connectivity index (χ0) is 17.8. The van der Waals surface area contributed by atoms with Gasteiger partial charge in [0.15, 0.2) is 0 Å². The van der Waals surface area contributed by atoms with E-state index in [1.165, 1.54) is 6.07 Å². The molecule has 0 fully saturated rings. The Kier molecular flexibility index (Phi) is 4.61. The van der Waals surface area contributed by atoms with Crippen LogP contribution in [0.25, 0.3) is 6.08 Å². The normalized spacial score (nSPS) is 16.9. The molecule has 0 saturated carbocycles. The molecular formula is C23H19FN2. The molecule has 1 atom stereocenters. The minimum atomic E-state index is -0.259. The summed E-state index contributed by atoms with van der Waals surface area (Å²) in [4.78, 5) is 0. The van der Waals surface area contributed by atoms with Crippen LogP contribution in [0.1, 0.15) is 23.6 Å². The van der Waals surface area contributed by atoms with Gasteiger partial charge in [-0.25, -0.2) is 4.39 Å². The largest absolute Gasteiger partial charge is 0.254 e. The van der Waals surface area contributed by atoms with E-state index in [2.05, 4.69) is 24.3 Å². The van der Waals surface area contributed by atoms with Gasteiger partial charge in [-0.1, -0.05) is 78.9 Å². The van der Waals surface area contributed by atoms with Crippen molar-refractivity contribution in [1.29, 1.82) is 0 Å². The van der Waals surface area contributed by atoms with Crippen molar-refractivity contribution < 1.29 is 4.39 Å². The van der Waals surface area contributed by atoms with Crippen molar-refractivity contribution in [1.82, 2.24) is 0 Å². The van der Waals surface area contributed by atoms with Gasteiger partial charge in [0.05, 0.1) is 17.4 Å². The smallest absolute Gasteiger partial charge is 0.148 e. The number of hydrazone groups is 1. The molecule has 0 spiro atoms.